The number of carboxylic acids is 2. The highest BCUT2D eigenvalue weighted by atomic mass is 31.2. The Balaban J connectivity index is 5.36. The number of carboxylic acid groups (broad SMARTS) is 2. The van der Waals surface area contributed by atoms with E-state index in [9.17, 15) is 14.2 Å². The van der Waals surface area contributed by atoms with Crippen molar-refractivity contribution in [1.29, 1.82) is 0 Å². The summed E-state index contributed by atoms with van der Waals surface area (Å²) in [5.41, 5.74) is -1.94. The van der Waals surface area contributed by atoms with Crippen molar-refractivity contribution in [3.8, 4) is 0 Å². The molecule has 94 valence electrons. The van der Waals surface area contributed by atoms with E-state index in [4.69, 9.17) is 10.2 Å². The fourth-order valence-electron chi connectivity index (χ4n) is 1.88. The SMILES string of the molecule is CC(C)P(=O)(C(C)C)C(CC(=O)O)C(=O)O. The molecule has 0 aliphatic rings. The maximum absolute atomic E-state index is 12.6. The van der Waals surface area contributed by atoms with Crippen LogP contribution in [0.1, 0.15) is 34.1 Å². The molecule has 0 aromatic rings. The maximum atomic E-state index is 12.6. The fraction of sp³-hybridized carbons (Fsp3) is 0.800. The Labute approximate surface area is 95.2 Å². The van der Waals surface area contributed by atoms with Gasteiger partial charge in [0.2, 0.25) is 0 Å². The van der Waals surface area contributed by atoms with Gasteiger partial charge in [-0.05, 0) is 0 Å². The third kappa shape index (κ3) is 3.08. The van der Waals surface area contributed by atoms with E-state index in [1.165, 1.54) is 0 Å². The van der Waals surface area contributed by atoms with Crippen molar-refractivity contribution in [1.82, 2.24) is 0 Å². The molecule has 0 saturated carbocycles. The van der Waals surface area contributed by atoms with Gasteiger partial charge in [-0.15, -0.1) is 0 Å². The molecule has 0 bridgehead atoms. The van der Waals surface area contributed by atoms with Gasteiger partial charge in [0.05, 0.1) is 6.42 Å². The first-order valence-electron chi connectivity index (χ1n) is 5.17. The van der Waals surface area contributed by atoms with Crippen LogP contribution in [0.3, 0.4) is 0 Å². The molecule has 1 unspecified atom stereocenters. The average Bonchev–Trinajstić information content (AvgIpc) is 2.11. The molecular weight excluding hydrogens is 231 g/mol. The topological polar surface area (TPSA) is 91.7 Å². The zero-order valence-electron chi connectivity index (χ0n) is 10.0. The van der Waals surface area contributed by atoms with E-state index in [0.29, 0.717) is 0 Å². The molecule has 0 saturated heterocycles. The minimum absolute atomic E-state index is 0.326. The molecule has 0 heterocycles. The Morgan fingerprint density at radius 3 is 1.62 bits per heavy atom. The van der Waals surface area contributed by atoms with Crippen LogP contribution in [0, 0.1) is 0 Å². The molecule has 6 heteroatoms. The summed E-state index contributed by atoms with van der Waals surface area (Å²) in [5.74, 6) is -2.51. The van der Waals surface area contributed by atoms with Gasteiger partial charge in [-0.25, -0.2) is 0 Å². The van der Waals surface area contributed by atoms with Crippen molar-refractivity contribution in [2.24, 2.45) is 0 Å². The van der Waals surface area contributed by atoms with E-state index >= 15 is 0 Å². The summed E-state index contributed by atoms with van der Waals surface area (Å²) in [6.45, 7) is 6.72. The van der Waals surface area contributed by atoms with Crippen LogP contribution in [0.4, 0.5) is 0 Å². The van der Waals surface area contributed by atoms with Crippen molar-refractivity contribution < 1.29 is 24.4 Å². The van der Waals surface area contributed by atoms with Crippen molar-refractivity contribution in [3.63, 3.8) is 0 Å². The molecule has 2 N–H and O–H groups in total. The number of hydrogen-bond acceptors (Lipinski definition) is 3. The third-order valence-electron chi connectivity index (χ3n) is 2.75. The van der Waals surface area contributed by atoms with Crippen LogP contribution >= 0.6 is 7.14 Å². The predicted octanol–water partition coefficient (Wildman–Crippen LogP) is 2.09. The van der Waals surface area contributed by atoms with Crippen LogP contribution in [-0.4, -0.2) is 39.1 Å². The summed E-state index contributed by atoms with van der Waals surface area (Å²) in [6, 6.07) is 0. The molecule has 0 spiro atoms. The fourth-order valence-corrected chi connectivity index (χ4v) is 5.30. The minimum atomic E-state index is -3.06. The highest BCUT2D eigenvalue weighted by molar-refractivity contribution is 7.66. The normalized spacial score (nSPS) is 14.1. The van der Waals surface area contributed by atoms with Gasteiger partial charge in [-0.2, -0.15) is 0 Å². The van der Waals surface area contributed by atoms with Crippen molar-refractivity contribution >= 4 is 19.1 Å². The summed E-state index contributed by atoms with van der Waals surface area (Å²) in [5, 5.41) is 17.7. The van der Waals surface area contributed by atoms with Crippen molar-refractivity contribution in [3.05, 3.63) is 0 Å². The van der Waals surface area contributed by atoms with Gasteiger partial charge in [-0.1, -0.05) is 27.7 Å². The maximum Gasteiger partial charge on any atom is 0.314 e. The van der Waals surface area contributed by atoms with E-state index in [1.807, 2.05) is 0 Å². The van der Waals surface area contributed by atoms with Crippen LogP contribution in [0.25, 0.3) is 0 Å². The summed E-state index contributed by atoms with van der Waals surface area (Å²) in [7, 11) is -3.06. The molecular formula is C10H19O5P. The lowest BCUT2D eigenvalue weighted by atomic mass is 10.3. The molecule has 0 rings (SSSR count). The van der Waals surface area contributed by atoms with Gasteiger partial charge in [0, 0.05) is 11.3 Å². The molecule has 0 amide bonds. The predicted molar refractivity (Wildman–Crippen MR) is 61.6 cm³/mol. The third-order valence-corrected chi connectivity index (χ3v) is 7.36. The molecule has 0 aromatic carbocycles. The summed E-state index contributed by atoms with van der Waals surface area (Å²) >= 11 is 0. The summed E-state index contributed by atoms with van der Waals surface area (Å²) < 4.78 is 12.6. The molecule has 1 atom stereocenters. The second-order valence-corrected chi connectivity index (χ2v) is 8.62. The van der Waals surface area contributed by atoms with Crippen LogP contribution in [0.15, 0.2) is 0 Å². The van der Waals surface area contributed by atoms with Gasteiger partial charge in [0.1, 0.15) is 12.8 Å². The van der Waals surface area contributed by atoms with Gasteiger partial charge in [-0.3, -0.25) is 9.59 Å². The second-order valence-electron chi connectivity index (χ2n) is 4.40. The molecule has 16 heavy (non-hydrogen) atoms. The van der Waals surface area contributed by atoms with Gasteiger partial charge in [0.25, 0.3) is 0 Å². The first kappa shape index (κ1) is 15.2. The second kappa shape index (κ2) is 5.48. The largest absolute Gasteiger partial charge is 0.481 e. The molecule has 0 aromatic heterocycles. The lowest BCUT2D eigenvalue weighted by molar-refractivity contribution is -0.143. The van der Waals surface area contributed by atoms with Crippen molar-refractivity contribution in [2.75, 3.05) is 0 Å². The van der Waals surface area contributed by atoms with Crippen LogP contribution in [0.5, 0.6) is 0 Å². The van der Waals surface area contributed by atoms with E-state index in [-0.39, 0.29) is 11.3 Å². The average molecular weight is 250 g/mol. The molecule has 5 nitrogen and oxygen atoms in total. The van der Waals surface area contributed by atoms with E-state index in [0.717, 1.165) is 0 Å². The van der Waals surface area contributed by atoms with Gasteiger partial charge < -0.3 is 14.8 Å². The minimum Gasteiger partial charge on any atom is -0.481 e. The lowest BCUT2D eigenvalue weighted by Gasteiger charge is -2.30. The monoisotopic (exact) mass is 250 g/mol. The number of hydrogen-bond donors (Lipinski definition) is 2. The smallest absolute Gasteiger partial charge is 0.314 e. The van der Waals surface area contributed by atoms with Gasteiger partial charge >= 0.3 is 11.9 Å². The number of rotatable bonds is 6. The molecule has 0 radical (unpaired) electrons. The molecule has 0 aliphatic heterocycles. The standard InChI is InChI=1S/C10H19O5P/c1-6(2)16(15,7(3)4)8(10(13)14)5-9(11)12/h6-8H,5H2,1-4H3,(H,11,12)(H,13,14). The first-order chi connectivity index (χ1) is 7.13. The first-order valence-corrected chi connectivity index (χ1v) is 7.09. The summed E-state index contributed by atoms with van der Waals surface area (Å²) in [4.78, 5) is 21.7. The highest BCUT2D eigenvalue weighted by Crippen LogP contribution is 2.60. The van der Waals surface area contributed by atoms with E-state index < -0.39 is 31.2 Å². The number of aliphatic carboxylic acids is 2. The highest BCUT2D eigenvalue weighted by Gasteiger charge is 2.44. The van der Waals surface area contributed by atoms with E-state index in [2.05, 4.69) is 0 Å². The van der Waals surface area contributed by atoms with Crippen molar-refractivity contribution in [2.45, 2.75) is 51.1 Å². The zero-order chi connectivity index (χ0) is 13.1. The number of carbonyl (C=O) groups is 2. The Hall–Kier alpha value is -0.830. The lowest BCUT2D eigenvalue weighted by Crippen LogP contribution is -2.30. The van der Waals surface area contributed by atoms with Crippen LogP contribution in [-0.2, 0) is 14.2 Å². The summed E-state index contributed by atoms with van der Waals surface area (Å²) in [6.07, 6.45) is -0.580. The van der Waals surface area contributed by atoms with Gasteiger partial charge in [0.15, 0.2) is 0 Å². The Morgan fingerprint density at radius 1 is 1.06 bits per heavy atom. The molecule has 0 aliphatic carbocycles. The molecule has 0 fully saturated rings. The zero-order valence-corrected chi connectivity index (χ0v) is 10.9. The quantitative estimate of drug-likeness (QED) is 0.704. The van der Waals surface area contributed by atoms with Crippen LogP contribution < -0.4 is 0 Å². The van der Waals surface area contributed by atoms with Crippen LogP contribution in [0.2, 0.25) is 0 Å². The van der Waals surface area contributed by atoms with E-state index in [1.54, 1.807) is 27.7 Å². The Morgan fingerprint density at radius 2 is 1.44 bits per heavy atom. The Bertz CT molecular complexity index is 309. The Kier molecular flexibility index (Phi) is 5.20.